The van der Waals surface area contributed by atoms with Crippen LogP contribution in [0.5, 0.6) is 0 Å². The lowest BCUT2D eigenvalue weighted by Gasteiger charge is -2.22. The summed E-state index contributed by atoms with van der Waals surface area (Å²) in [6, 6.07) is 3.82. The van der Waals surface area contributed by atoms with Gasteiger partial charge in [0.2, 0.25) is 0 Å². The van der Waals surface area contributed by atoms with Gasteiger partial charge in [0.25, 0.3) is 0 Å². The van der Waals surface area contributed by atoms with Gasteiger partial charge < -0.3 is 21.7 Å². The number of carbonyl (C=O) groups is 1. The lowest BCUT2D eigenvalue weighted by Crippen LogP contribution is -2.44. The fraction of sp³-hybridized carbons (Fsp3) is 0.571. The zero-order chi connectivity index (χ0) is 14.2. The molecular weight excluding hydrogens is 254 g/mol. The monoisotopic (exact) mass is 277 g/mol. The predicted molar refractivity (Wildman–Crippen MR) is 80.5 cm³/mol. The number of nitrogens with one attached hydrogen (secondary N) is 3. The number of hydrogen-bond donors (Lipinski definition) is 4. The molecule has 20 heavy (non-hydrogen) atoms. The molecule has 2 amide bonds. The molecule has 6 nitrogen and oxygen atoms in total. The minimum Gasteiger partial charge on any atom is -0.396 e. The molecule has 1 aliphatic rings. The first kappa shape index (κ1) is 14.4. The van der Waals surface area contributed by atoms with Crippen LogP contribution in [0.3, 0.4) is 0 Å². The highest BCUT2D eigenvalue weighted by molar-refractivity contribution is 5.74. The Morgan fingerprint density at radius 2 is 2.10 bits per heavy atom. The van der Waals surface area contributed by atoms with E-state index in [0.29, 0.717) is 30.6 Å². The Hall–Kier alpha value is -1.98. The zero-order valence-electron chi connectivity index (χ0n) is 11.7. The first-order valence-electron chi connectivity index (χ1n) is 7.24. The molecule has 110 valence electrons. The molecular formula is C14H23N5O. The van der Waals surface area contributed by atoms with Crippen molar-refractivity contribution >= 4 is 17.5 Å². The Kier molecular flexibility index (Phi) is 5.46. The molecule has 1 saturated carbocycles. The number of anilines is 2. The van der Waals surface area contributed by atoms with E-state index in [1.165, 1.54) is 19.3 Å². The van der Waals surface area contributed by atoms with E-state index in [4.69, 9.17) is 5.73 Å². The van der Waals surface area contributed by atoms with Crippen molar-refractivity contribution < 1.29 is 4.79 Å². The molecule has 0 aliphatic heterocycles. The average Bonchev–Trinajstić information content (AvgIpc) is 2.46. The molecule has 1 aromatic rings. The molecule has 0 radical (unpaired) electrons. The number of urea groups is 1. The Morgan fingerprint density at radius 3 is 2.85 bits per heavy atom. The number of amides is 2. The van der Waals surface area contributed by atoms with Crippen LogP contribution in [0, 0.1) is 0 Å². The van der Waals surface area contributed by atoms with Crippen LogP contribution in [0.1, 0.15) is 32.1 Å². The third kappa shape index (κ3) is 4.60. The molecule has 0 saturated heterocycles. The molecule has 2 rings (SSSR count). The number of nitrogens with zero attached hydrogens (tertiary/aromatic N) is 1. The van der Waals surface area contributed by atoms with E-state index in [1.54, 1.807) is 18.3 Å². The minimum atomic E-state index is -0.0901. The van der Waals surface area contributed by atoms with E-state index in [9.17, 15) is 4.79 Å². The maximum absolute atomic E-state index is 11.7. The fourth-order valence-electron chi connectivity index (χ4n) is 2.41. The van der Waals surface area contributed by atoms with Gasteiger partial charge in [-0.05, 0) is 25.0 Å². The number of nitrogens with two attached hydrogens (primary N) is 1. The molecule has 1 heterocycles. The van der Waals surface area contributed by atoms with Crippen molar-refractivity contribution in [2.45, 2.75) is 38.1 Å². The second kappa shape index (κ2) is 7.57. The lowest BCUT2D eigenvalue weighted by atomic mass is 9.96. The SMILES string of the molecule is Nc1cccnc1NCCNC(=O)NC1CCCCC1. The third-order valence-corrected chi connectivity index (χ3v) is 3.48. The van der Waals surface area contributed by atoms with Crippen LogP contribution < -0.4 is 21.7 Å². The molecule has 6 heteroatoms. The number of hydrogen-bond acceptors (Lipinski definition) is 4. The van der Waals surface area contributed by atoms with Crippen LogP contribution in [0.2, 0.25) is 0 Å². The Morgan fingerprint density at radius 1 is 1.30 bits per heavy atom. The highest BCUT2D eigenvalue weighted by Crippen LogP contribution is 2.17. The molecule has 5 N–H and O–H groups in total. The van der Waals surface area contributed by atoms with Crippen molar-refractivity contribution in [1.82, 2.24) is 15.6 Å². The van der Waals surface area contributed by atoms with Crippen molar-refractivity contribution in [3.8, 4) is 0 Å². The Balaban J connectivity index is 1.60. The van der Waals surface area contributed by atoms with Crippen LogP contribution in [0.4, 0.5) is 16.3 Å². The summed E-state index contributed by atoms with van der Waals surface area (Å²) < 4.78 is 0. The molecule has 0 bridgehead atoms. The van der Waals surface area contributed by atoms with E-state index in [0.717, 1.165) is 12.8 Å². The second-order valence-corrected chi connectivity index (χ2v) is 5.10. The van der Waals surface area contributed by atoms with Gasteiger partial charge in [0.1, 0.15) is 5.82 Å². The Labute approximate surface area is 119 Å². The van der Waals surface area contributed by atoms with E-state index < -0.39 is 0 Å². The summed E-state index contributed by atoms with van der Waals surface area (Å²) in [5, 5.41) is 8.94. The van der Waals surface area contributed by atoms with E-state index in [1.807, 2.05) is 0 Å². The van der Waals surface area contributed by atoms with Crippen LogP contribution >= 0.6 is 0 Å². The first-order valence-corrected chi connectivity index (χ1v) is 7.24. The average molecular weight is 277 g/mol. The molecule has 1 fully saturated rings. The van der Waals surface area contributed by atoms with Gasteiger partial charge in [0.05, 0.1) is 5.69 Å². The number of pyridine rings is 1. The van der Waals surface area contributed by atoms with Gasteiger partial charge in [-0.25, -0.2) is 9.78 Å². The summed E-state index contributed by atoms with van der Waals surface area (Å²) >= 11 is 0. The van der Waals surface area contributed by atoms with Gasteiger partial charge in [0.15, 0.2) is 0 Å². The zero-order valence-corrected chi connectivity index (χ0v) is 11.7. The number of carbonyl (C=O) groups excluding carboxylic acids is 1. The standard InChI is InChI=1S/C14H23N5O/c15-12-7-4-8-16-13(12)17-9-10-18-14(20)19-11-5-2-1-3-6-11/h4,7-8,11H,1-3,5-6,9-10,15H2,(H,16,17)(H2,18,19,20). The highest BCUT2D eigenvalue weighted by Gasteiger charge is 2.14. The molecule has 1 aromatic heterocycles. The molecule has 1 aliphatic carbocycles. The van der Waals surface area contributed by atoms with E-state index >= 15 is 0 Å². The van der Waals surface area contributed by atoms with Crippen molar-refractivity contribution in [3.63, 3.8) is 0 Å². The minimum absolute atomic E-state index is 0.0901. The van der Waals surface area contributed by atoms with Gasteiger partial charge >= 0.3 is 6.03 Å². The van der Waals surface area contributed by atoms with Gasteiger partial charge in [-0.3, -0.25) is 0 Å². The highest BCUT2D eigenvalue weighted by atomic mass is 16.2. The quantitative estimate of drug-likeness (QED) is 0.616. The summed E-state index contributed by atoms with van der Waals surface area (Å²) in [4.78, 5) is 15.8. The van der Waals surface area contributed by atoms with Gasteiger partial charge in [-0.15, -0.1) is 0 Å². The van der Waals surface area contributed by atoms with Crippen molar-refractivity contribution in [2.75, 3.05) is 24.1 Å². The van der Waals surface area contributed by atoms with Gasteiger partial charge in [-0.1, -0.05) is 19.3 Å². The number of aromatic nitrogens is 1. The van der Waals surface area contributed by atoms with Crippen molar-refractivity contribution in [2.24, 2.45) is 0 Å². The fourth-order valence-corrected chi connectivity index (χ4v) is 2.41. The largest absolute Gasteiger partial charge is 0.396 e. The lowest BCUT2D eigenvalue weighted by molar-refractivity contribution is 0.233. The Bertz CT molecular complexity index is 431. The summed E-state index contributed by atoms with van der Waals surface area (Å²) in [5.41, 5.74) is 6.37. The second-order valence-electron chi connectivity index (χ2n) is 5.10. The molecule has 0 aromatic carbocycles. The van der Waals surface area contributed by atoms with Crippen molar-refractivity contribution in [1.29, 1.82) is 0 Å². The van der Waals surface area contributed by atoms with Crippen molar-refractivity contribution in [3.05, 3.63) is 18.3 Å². The third-order valence-electron chi connectivity index (χ3n) is 3.48. The smallest absolute Gasteiger partial charge is 0.315 e. The summed E-state index contributed by atoms with van der Waals surface area (Å²) in [7, 11) is 0. The van der Waals surface area contributed by atoms with Gasteiger partial charge in [0, 0.05) is 25.3 Å². The topological polar surface area (TPSA) is 92.1 Å². The summed E-state index contributed by atoms with van der Waals surface area (Å²) in [6.45, 7) is 1.13. The maximum atomic E-state index is 11.7. The van der Waals surface area contributed by atoms with Crippen LogP contribution in [-0.4, -0.2) is 30.1 Å². The molecule has 0 spiro atoms. The number of rotatable bonds is 5. The maximum Gasteiger partial charge on any atom is 0.315 e. The summed E-state index contributed by atoms with van der Waals surface area (Å²) in [5.74, 6) is 0.655. The normalized spacial score (nSPS) is 15.6. The molecule has 0 unspecified atom stereocenters. The predicted octanol–water partition coefficient (Wildman–Crippen LogP) is 1.71. The molecule has 0 atom stereocenters. The summed E-state index contributed by atoms with van der Waals surface area (Å²) in [6.07, 6.45) is 7.58. The van der Waals surface area contributed by atoms with E-state index in [-0.39, 0.29) is 6.03 Å². The van der Waals surface area contributed by atoms with Crippen LogP contribution in [-0.2, 0) is 0 Å². The van der Waals surface area contributed by atoms with E-state index in [2.05, 4.69) is 20.9 Å². The first-order chi connectivity index (χ1) is 9.75. The number of nitrogen functional groups attached to an aromatic ring is 1. The van der Waals surface area contributed by atoms with Crippen LogP contribution in [0.15, 0.2) is 18.3 Å². The van der Waals surface area contributed by atoms with Gasteiger partial charge in [-0.2, -0.15) is 0 Å². The van der Waals surface area contributed by atoms with Crippen LogP contribution in [0.25, 0.3) is 0 Å².